The first kappa shape index (κ1) is 22.1. The average molecular weight is 414 g/mol. The number of piperazine rings is 1. The van der Waals surface area contributed by atoms with Crippen LogP contribution in [0.5, 0.6) is 0 Å². The van der Waals surface area contributed by atoms with Crippen LogP contribution in [0.4, 0.5) is 14.9 Å². The topological polar surface area (TPSA) is 36.0 Å². The number of rotatable bonds is 7. The van der Waals surface area contributed by atoms with Crippen LogP contribution in [0, 0.1) is 12.7 Å². The van der Waals surface area contributed by atoms with Crippen LogP contribution in [-0.4, -0.2) is 55.7 Å². The number of benzene rings is 2. The molecule has 6 heteroatoms. The fraction of sp³-hybridized carbons (Fsp3) is 0.458. The Morgan fingerprint density at radius 1 is 1.10 bits per heavy atom. The third-order valence-corrected chi connectivity index (χ3v) is 5.59. The van der Waals surface area contributed by atoms with E-state index < -0.39 is 0 Å². The highest BCUT2D eigenvalue weighted by Gasteiger charge is 2.18. The minimum atomic E-state index is -0.342. The van der Waals surface area contributed by atoms with Crippen LogP contribution in [0.2, 0.25) is 0 Å². The molecule has 0 spiro atoms. The van der Waals surface area contributed by atoms with Gasteiger partial charge in [-0.05, 0) is 61.3 Å². The normalized spacial score (nSPS) is 14.6. The lowest BCUT2D eigenvalue weighted by molar-refractivity contribution is 0.0936. The van der Waals surface area contributed by atoms with E-state index in [0.29, 0.717) is 13.1 Å². The number of amides is 1. The summed E-state index contributed by atoms with van der Waals surface area (Å²) in [4.78, 5) is 19.2. The Bertz CT molecular complexity index is 833. The Kier molecular flexibility index (Phi) is 7.69. The van der Waals surface area contributed by atoms with Crippen LogP contribution >= 0.6 is 0 Å². The molecule has 1 saturated heterocycles. The maximum absolute atomic E-state index is 13.1. The van der Waals surface area contributed by atoms with E-state index in [4.69, 9.17) is 4.74 Å². The monoisotopic (exact) mass is 413 g/mol. The summed E-state index contributed by atoms with van der Waals surface area (Å²) < 4.78 is 18.6. The fourth-order valence-electron chi connectivity index (χ4n) is 3.62. The van der Waals surface area contributed by atoms with Gasteiger partial charge in [-0.2, -0.15) is 0 Å². The molecular weight excluding hydrogens is 381 g/mol. The molecule has 1 aliphatic heterocycles. The quantitative estimate of drug-likeness (QED) is 0.673. The number of halogens is 1. The molecule has 1 heterocycles. The number of nitrogens with zero attached hydrogens (tertiary/aromatic N) is 3. The van der Waals surface area contributed by atoms with Crippen molar-refractivity contribution in [3.63, 3.8) is 0 Å². The molecule has 30 heavy (non-hydrogen) atoms. The number of anilines is 1. The molecule has 0 saturated carbocycles. The molecule has 2 aromatic rings. The number of ether oxygens (including phenoxy) is 1. The smallest absolute Gasteiger partial charge is 0.410 e. The summed E-state index contributed by atoms with van der Waals surface area (Å²) in [6.07, 6.45) is 0.508. The molecule has 1 aliphatic rings. The molecule has 0 N–H and O–H groups in total. The molecule has 0 radical (unpaired) electrons. The highest BCUT2D eigenvalue weighted by atomic mass is 19.1. The number of likely N-dealkylation sites (N-methyl/N-ethyl adjacent to an activating group) is 1. The molecule has 2 aromatic carbocycles. The van der Waals surface area contributed by atoms with E-state index in [1.165, 1.54) is 23.4 Å². The molecule has 5 nitrogen and oxygen atoms in total. The predicted octanol–water partition coefficient (Wildman–Crippen LogP) is 4.43. The standard InChI is InChI=1S/C24H32FN3O2/c1-4-11-28(24(29)30-18-20-6-8-22(25)9-7-20)17-21-16-23(10-5-19(21)2)27-14-12-26(3)13-15-27/h5-10,16H,4,11-15,17-18H2,1-3H3. The third-order valence-electron chi connectivity index (χ3n) is 5.59. The molecular formula is C24H32FN3O2. The van der Waals surface area contributed by atoms with Gasteiger partial charge in [0.2, 0.25) is 0 Å². The summed E-state index contributed by atoms with van der Waals surface area (Å²) in [5, 5.41) is 0. The average Bonchev–Trinajstić information content (AvgIpc) is 2.75. The van der Waals surface area contributed by atoms with E-state index in [2.05, 4.69) is 42.0 Å². The van der Waals surface area contributed by atoms with Crippen molar-refractivity contribution in [1.29, 1.82) is 0 Å². The van der Waals surface area contributed by atoms with Crippen molar-refractivity contribution in [3.8, 4) is 0 Å². The largest absolute Gasteiger partial charge is 0.445 e. The second kappa shape index (κ2) is 10.4. The number of carbonyl (C=O) groups excluding carboxylic acids is 1. The second-order valence-corrected chi connectivity index (χ2v) is 8.00. The van der Waals surface area contributed by atoms with Gasteiger partial charge in [-0.25, -0.2) is 9.18 Å². The van der Waals surface area contributed by atoms with E-state index in [1.54, 1.807) is 17.0 Å². The summed E-state index contributed by atoms with van der Waals surface area (Å²) in [6, 6.07) is 12.5. The van der Waals surface area contributed by atoms with Crippen LogP contribution in [0.1, 0.15) is 30.0 Å². The number of carbonyl (C=O) groups is 1. The van der Waals surface area contributed by atoms with E-state index in [1.807, 2.05) is 6.92 Å². The molecule has 162 valence electrons. The highest BCUT2D eigenvalue weighted by molar-refractivity contribution is 5.68. The summed E-state index contributed by atoms with van der Waals surface area (Å²) in [5.41, 5.74) is 4.29. The van der Waals surface area contributed by atoms with Crippen molar-refractivity contribution in [2.75, 3.05) is 44.7 Å². The molecule has 1 amide bonds. The number of hydrogen-bond donors (Lipinski definition) is 0. The van der Waals surface area contributed by atoms with Crippen molar-refractivity contribution < 1.29 is 13.9 Å². The third kappa shape index (κ3) is 5.95. The van der Waals surface area contributed by atoms with Gasteiger partial charge in [0, 0.05) is 45.0 Å². The Labute approximate surface area is 179 Å². The van der Waals surface area contributed by atoms with Gasteiger partial charge in [-0.3, -0.25) is 0 Å². The van der Waals surface area contributed by atoms with Gasteiger partial charge in [-0.1, -0.05) is 25.1 Å². The Balaban J connectivity index is 1.66. The summed E-state index contributed by atoms with van der Waals surface area (Å²) in [7, 11) is 2.15. The van der Waals surface area contributed by atoms with Crippen molar-refractivity contribution in [2.24, 2.45) is 0 Å². The van der Waals surface area contributed by atoms with Crippen molar-refractivity contribution >= 4 is 11.8 Å². The van der Waals surface area contributed by atoms with Crippen LogP contribution < -0.4 is 4.90 Å². The van der Waals surface area contributed by atoms with Crippen molar-refractivity contribution in [2.45, 2.75) is 33.4 Å². The van der Waals surface area contributed by atoms with Crippen LogP contribution in [0.15, 0.2) is 42.5 Å². The van der Waals surface area contributed by atoms with E-state index in [-0.39, 0.29) is 18.5 Å². The van der Waals surface area contributed by atoms with Crippen LogP contribution in [-0.2, 0) is 17.9 Å². The van der Waals surface area contributed by atoms with Crippen molar-refractivity contribution in [1.82, 2.24) is 9.80 Å². The van der Waals surface area contributed by atoms with E-state index in [9.17, 15) is 9.18 Å². The van der Waals surface area contributed by atoms with Crippen molar-refractivity contribution in [3.05, 3.63) is 65.0 Å². The summed E-state index contributed by atoms with van der Waals surface area (Å²) in [5.74, 6) is -0.298. The van der Waals surface area contributed by atoms with Crippen LogP contribution in [0.3, 0.4) is 0 Å². The second-order valence-electron chi connectivity index (χ2n) is 8.00. The van der Waals surface area contributed by atoms with Gasteiger partial charge in [-0.15, -0.1) is 0 Å². The van der Waals surface area contributed by atoms with Gasteiger partial charge in [0.1, 0.15) is 12.4 Å². The van der Waals surface area contributed by atoms with E-state index in [0.717, 1.165) is 43.7 Å². The SMILES string of the molecule is CCCN(Cc1cc(N2CCN(C)CC2)ccc1C)C(=O)OCc1ccc(F)cc1. The zero-order valence-electron chi connectivity index (χ0n) is 18.2. The summed E-state index contributed by atoms with van der Waals surface area (Å²) >= 11 is 0. The Hall–Kier alpha value is -2.60. The lowest BCUT2D eigenvalue weighted by Crippen LogP contribution is -2.44. The highest BCUT2D eigenvalue weighted by Crippen LogP contribution is 2.22. The Morgan fingerprint density at radius 2 is 1.80 bits per heavy atom. The zero-order chi connectivity index (χ0) is 21.5. The summed E-state index contributed by atoms with van der Waals surface area (Å²) in [6.45, 7) is 9.55. The van der Waals surface area contributed by atoms with Gasteiger partial charge >= 0.3 is 6.09 Å². The first-order chi connectivity index (χ1) is 14.5. The number of hydrogen-bond acceptors (Lipinski definition) is 4. The van der Waals surface area contributed by atoms with Gasteiger partial charge in [0.15, 0.2) is 0 Å². The van der Waals surface area contributed by atoms with Gasteiger partial charge in [0.05, 0.1) is 0 Å². The molecule has 0 unspecified atom stereocenters. The lowest BCUT2D eigenvalue weighted by atomic mass is 10.1. The van der Waals surface area contributed by atoms with Crippen LogP contribution in [0.25, 0.3) is 0 Å². The molecule has 1 fully saturated rings. The maximum Gasteiger partial charge on any atom is 0.410 e. The van der Waals surface area contributed by atoms with E-state index >= 15 is 0 Å². The minimum Gasteiger partial charge on any atom is -0.445 e. The molecule has 0 bridgehead atoms. The maximum atomic E-state index is 13.1. The molecule has 0 aliphatic carbocycles. The first-order valence-electron chi connectivity index (χ1n) is 10.7. The first-order valence-corrected chi connectivity index (χ1v) is 10.7. The van der Waals surface area contributed by atoms with Gasteiger partial charge < -0.3 is 19.4 Å². The Morgan fingerprint density at radius 3 is 2.47 bits per heavy atom. The minimum absolute atomic E-state index is 0.139. The molecule has 0 atom stereocenters. The van der Waals surface area contributed by atoms with Gasteiger partial charge in [0.25, 0.3) is 0 Å². The predicted molar refractivity (Wildman–Crippen MR) is 118 cm³/mol. The number of aryl methyl sites for hydroxylation is 1. The zero-order valence-corrected chi connectivity index (χ0v) is 18.2. The molecule has 0 aromatic heterocycles. The molecule has 3 rings (SSSR count). The fourth-order valence-corrected chi connectivity index (χ4v) is 3.62. The lowest BCUT2D eigenvalue weighted by Gasteiger charge is -2.34.